The third-order valence-corrected chi connectivity index (χ3v) is 5.69. The molecule has 0 aliphatic heterocycles. The molecule has 1 heterocycles. The lowest BCUT2D eigenvalue weighted by atomic mass is 9.97. The van der Waals surface area contributed by atoms with E-state index >= 15 is 0 Å². The van der Waals surface area contributed by atoms with Crippen LogP contribution in [0.15, 0.2) is 66.7 Å². The first-order chi connectivity index (χ1) is 10.8. The summed E-state index contributed by atoms with van der Waals surface area (Å²) in [5.74, 6) is 0. The normalized spacial score (nSPS) is 11.9. The van der Waals surface area contributed by atoms with E-state index in [0.717, 1.165) is 0 Å². The molecule has 0 bridgehead atoms. The van der Waals surface area contributed by atoms with Gasteiger partial charge in [0, 0.05) is 25.6 Å². The molecule has 0 N–H and O–H groups in total. The molecular formula is C21H14S. The van der Waals surface area contributed by atoms with E-state index in [1.54, 1.807) is 0 Å². The maximum Gasteiger partial charge on any atom is 0.0440 e. The Labute approximate surface area is 132 Å². The van der Waals surface area contributed by atoms with Crippen molar-refractivity contribution < 1.29 is 0 Å². The molecule has 5 rings (SSSR count). The molecule has 5 aromatic rings. The summed E-state index contributed by atoms with van der Waals surface area (Å²) in [6.45, 7) is 2.17. The topological polar surface area (TPSA) is 0 Å². The number of hydrogen-bond donors (Lipinski definition) is 0. The summed E-state index contributed by atoms with van der Waals surface area (Å²) < 4.78 is 2.80. The molecule has 0 saturated heterocycles. The SMILES string of the molecule is Cc1ccc2c(c1)sc1c3ccccc3c3ccccc3c21. The van der Waals surface area contributed by atoms with Gasteiger partial charge in [-0.2, -0.15) is 0 Å². The first-order valence-corrected chi connectivity index (χ1v) is 8.37. The first kappa shape index (κ1) is 12.2. The molecule has 0 fully saturated rings. The lowest BCUT2D eigenvalue weighted by molar-refractivity contribution is 1.52. The van der Waals surface area contributed by atoms with Crippen molar-refractivity contribution in [1.82, 2.24) is 0 Å². The van der Waals surface area contributed by atoms with Gasteiger partial charge in [-0.15, -0.1) is 11.3 Å². The quantitative estimate of drug-likeness (QED) is 0.280. The van der Waals surface area contributed by atoms with Gasteiger partial charge in [-0.1, -0.05) is 60.7 Å². The van der Waals surface area contributed by atoms with E-state index in [0.29, 0.717) is 0 Å². The van der Waals surface area contributed by atoms with E-state index in [9.17, 15) is 0 Å². The van der Waals surface area contributed by atoms with Crippen LogP contribution in [-0.2, 0) is 0 Å². The Kier molecular flexibility index (Phi) is 2.39. The average Bonchev–Trinajstić information content (AvgIpc) is 2.94. The van der Waals surface area contributed by atoms with E-state index < -0.39 is 0 Å². The zero-order valence-corrected chi connectivity index (χ0v) is 13.1. The monoisotopic (exact) mass is 298 g/mol. The fourth-order valence-corrected chi connectivity index (χ4v) is 4.87. The highest BCUT2D eigenvalue weighted by Gasteiger charge is 2.13. The molecule has 0 amide bonds. The van der Waals surface area contributed by atoms with E-state index in [-0.39, 0.29) is 0 Å². The van der Waals surface area contributed by atoms with Gasteiger partial charge in [0.1, 0.15) is 0 Å². The molecule has 0 nitrogen and oxygen atoms in total. The lowest BCUT2D eigenvalue weighted by Gasteiger charge is -2.06. The van der Waals surface area contributed by atoms with E-state index in [2.05, 4.69) is 73.7 Å². The largest absolute Gasteiger partial charge is 0.134 e. The fraction of sp³-hybridized carbons (Fsp3) is 0.0476. The Balaban J connectivity index is 2.21. The summed E-state index contributed by atoms with van der Waals surface area (Å²) in [6.07, 6.45) is 0. The van der Waals surface area contributed by atoms with Crippen molar-refractivity contribution in [3.63, 3.8) is 0 Å². The molecule has 1 heteroatoms. The van der Waals surface area contributed by atoms with E-state index in [1.807, 2.05) is 11.3 Å². The second kappa shape index (κ2) is 4.31. The molecule has 0 saturated carbocycles. The molecule has 0 aliphatic carbocycles. The van der Waals surface area contributed by atoms with Crippen LogP contribution in [0.25, 0.3) is 41.7 Å². The standard InChI is InChI=1S/C21H14S/c1-13-10-11-18-19(12-13)22-21-17-9-5-3-7-15(17)14-6-2-4-8-16(14)20(18)21/h2-12H,1H3. The number of thiophene rings is 1. The molecule has 22 heavy (non-hydrogen) atoms. The van der Waals surface area contributed by atoms with Crippen LogP contribution in [0.5, 0.6) is 0 Å². The van der Waals surface area contributed by atoms with Crippen LogP contribution in [0.1, 0.15) is 5.56 Å². The molecule has 0 aliphatic rings. The summed E-state index contributed by atoms with van der Waals surface area (Å²) >= 11 is 1.92. The zero-order valence-electron chi connectivity index (χ0n) is 12.3. The Morgan fingerprint density at radius 2 is 1.27 bits per heavy atom. The molecule has 0 spiro atoms. The van der Waals surface area contributed by atoms with Gasteiger partial charge in [-0.05, 0) is 34.7 Å². The van der Waals surface area contributed by atoms with Crippen molar-refractivity contribution in [1.29, 1.82) is 0 Å². The highest BCUT2D eigenvalue weighted by molar-refractivity contribution is 7.27. The van der Waals surface area contributed by atoms with Gasteiger partial charge in [0.25, 0.3) is 0 Å². The number of aryl methyl sites for hydroxylation is 1. The van der Waals surface area contributed by atoms with Crippen LogP contribution >= 0.6 is 11.3 Å². The maximum absolute atomic E-state index is 2.31. The lowest BCUT2D eigenvalue weighted by Crippen LogP contribution is -1.79. The molecule has 0 unspecified atom stereocenters. The molecule has 0 radical (unpaired) electrons. The Morgan fingerprint density at radius 3 is 2.05 bits per heavy atom. The molecule has 4 aromatic carbocycles. The summed E-state index contributed by atoms with van der Waals surface area (Å²) in [5, 5.41) is 8.24. The van der Waals surface area contributed by atoms with Gasteiger partial charge < -0.3 is 0 Å². The summed E-state index contributed by atoms with van der Waals surface area (Å²) in [7, 11) is 0. The van der Waals surface area contributed by atoms with E-state index in [4.69, 9.17) is 0 Å². The summed E-state index contributed by atoms with van der Waals surface area (Å²) in [5.41, 5.74) is 1.33. The second-order valence-electron chi connectivity index (χ2n) is 5.90. The summed E-state index contributed by atoms with van der Waals surface area (Å²) in [6, 6.07) is 24.4. The number of benzene rings is 4. The zero-order chi connectivity index (χ0) is 14.7. The van der Waals surface area contributed by atoms with Gasteiger partial charge in [-0.3, -0.25) is 0 Å². The Bertz CT molecular complexity index is 1180. The van der Waals surface area contributed by atoms with Crippen molar-refractivity contribution in [2.75, 3.05) is 0 Å². The minimum atomic E-state index is 1.33. The van der Waals surface area contributed by atoms with Crippen LogP contribution in [0.3, 0.4) is 0 Å². The van der Waals surface area contributed by atoms with Gasteiger partial charge >= 0.3 is 0 Å². The van der Waals surface area contributed by atoms with Crippen LogP contribution in [0.4, 0.5) is 0 Å². The maximum atomic E-state index is 2.31. The Hall–Kier alpha value is -2.38. The van der Waals surface area contributed by atoms with Gasteiger partial charge in [0.05, 0.1) is 0 Å². The average molecular weight is 298 g/mol. The third kappa shape index (κ3) is 1.52. The van der Waals surface area contributed by atoms with Gasteiger partial charge in [0.2, 0.25) is 0 Å². The predicted molar refractivity (Wildman–Crippen MR) is 99.1 cm³/mol. The van der Waals surface area contributed by atoms with Crippen LogP contribution in [-0.4, -0.2) is 0 Å². The highest BCUT2D eigenvalue weighted by Crippen LogP contribution is 2.43. The van der Waals surface area contributed by atoms with Crippen molar-refractivity contribution in [2.24, 2.45) is 0 Å². The molecule has 1 aromatic heterocycles. The molecule has 104 valence electrons. The van der Waals surface area contributed by atoms with Crippen molar-refractivity contribution in [3.8, 4) is 0 Å². The number of hydrogen-bond acceptors (Lipinski definition) is 1. The van der Waals surface area contributed by atoms with Crippen molar-refractivity contribution >= 4 is 53.1 Å². The number of rotatable bonds is 0. The Morgan fingerprint density at radius 1 is 0.636 bits per heavy atom. The molecule has 0 atom stereocenters. The minimum absolute atomic E-state index is 1.33. The first-order valence-electron chi connectivity index (χ1n) is 7.55. The van der Waals surface area contributed by atoms with Crippen LogP contribution < -0.4 is 0 Å². The number of fused-ring (bicyclic) bond motifs is 8. The van der Waals surface area contributed by atoms with E-state index in [1.165, 1.54) is 47.3 Å². The smallest absolute Gasteiger partial charge is 0.0440 e. The van der Waals surface area contributed by atoms with Gasteiger partial charge in [-0.25, -0.2) is 0 Å². The molecular weight excluding hydrogens is 284 g/mol. The van der Waals surface area contributed by atoms with Crippen molar-refractivity contribution in [3.05, 3.63) is 72.3 Å². The van der Waals surface area contributed by atoms with Crippen LogP contribution in [0, 0.1) is 6.92 Å². The second-order valence-corrected chi connectivity index (χ2v) is 6.95. The van der Waals surface area contributed by atoms with Crippen molar-refractivity contribution in [2.45, 2.75) is 6.92 Å². The third-order valence-electron chi connectivity index (χ3n) is 4.50. The highest BCUT2D eigenvalue weighted by atomic mass is 32.1. The van der Waals surface area contributed by atoms with Crippen LogP contribution in [0.2, 0.25) is 0 Å². The summed E-state index contributed by atoms with van der Waals surface area (Å²) in [4.78, 5) is 0. The predicted octanol–water partition coefficient (Wildman–Crippen LogP) is 6.67. The fourth-order valence-electron chi connectivity index (χ4n) is 3.51. The minimum Gasteiger partial charge on any atom is -0.134 e. The van der Waals surface area contributed by atoms with Gasteiger partial charge in [0.15, 0.2) is 0 Å².